The molecule has 0 N–H and O–H groups in total. The smallest absolute Gasteiger partial charge is 0.258 e. The lowest BCUT2D eigenvalue weighted by Crippen LogP contribution is -2.50. The van der Waals surface area contributed by atoms with E-state index in [9.17, 15) is 9.59 Å². The molecule has 0 aromatic heterocycles. The number of methoxy groups -OCH3 is 1. The molecule has 5 nitrogen and oxygen atoms in total. The van der Waals surface area contributed by atoms with Crippen LogP contribution in [-0.4, -0.2) is 54.4 Å². The fraction of sp³-hybridized carbons (Fsp3) is 0.579. The average Bonchev–Trinajstić information content (AvgIpc) is 3.10. The van der Waals surface area contributed by atoms with Crippen molar-refractivity contribution in [3.05, 3.63) is 28.8 Å². The number of hydrogen-bond acceptors (Lipinski definition) is 3. The van der Waals surface area contributed by atoms with Crippen LogP contribution < -0.4 is 4.74 Å². The summed E-state index contributed by atoms with van der Waals surface area (Å²) in [7, 11) is 1.53. The molecule has 6 heteroatoms. The van der Waals surface area contributed by atoms with Gasteiger partial charge in [-0.25, -0.2) is 0 Å². The third kappa shape index (κ3) is 3.76. The molecule has 2 fully saturated rings. The highest BCUT2D eigenvalue weighted by molar-refractivity contribution is 6.31. The molecule has 2 saturated heterocycles. The highest BCUT2D eigenvalue weighted by Crippen LogP contribution is 2.29. The Hall–Kier alpha value is -1.75. The van der Waals surface area contributed by atoms with Gasteiger partial charge >= 0.3 is 0 Å². The van der Waals surface area contributed by atoms with Gasteiger partial charge in [-0.15, -0.1) is 0 Å². The number of likely N-dealkylation sites (tertiary alicyclic amines) is 2. The second-order valence-electron chi connectivity index (χ2n) is 7.03. The minimum Gasteiger partial charge on any atom is -0.496 e. The summed E-state index contributed by atoms with van der Waals surface area (Å²) in [4.78, 5) is 29.7. The van der Waals surface area contributed by atoms with Crippen LogP contribution >= 0.6 is 11.6 Å². The maximum Gasteiger partial charge on any atom is 0.258 e. The number of hydrogen-bond donors (Lipinski definition) is 0. The number of ether oxygens (including phenoxy) is 1. The SMILES string of the molecule is COc1ccc(Cl)cc1C(=O)N1CCC[C@@H]1C(=O)N1CCC[C@H](C)C1. The maximum absolute atomic E-state index is 13.1. The number of piperidine rings is 1. The first-order valence-electron chi connectivity index (χ1n) is 8.94. The van der Waals surface area contributed by atoms with Gasteiger partial charge in [0.1, 0.15) is 11.8 Å². The predicted octanol–water partition coefficient (Wildman–Crippen LogP) is 3.21. The molecule has 25 heavy (non-hydrogen) atoms. The Kier molecular flexibility index (Phi) is 5.52. The second kappa shape index (κ2) is 7.65. The molecule has 2 heterocycles. The van der Waals surface area contributed by atoms with E-state index in [0.29, 0.717) is 28.8 Å². The van der Waals surface area contributed by atoms with Crippen molar-refractivity contribution in [2.24, 2.45) is 5.92 Å². The third-order valence-corrected chi connectivity index (χ3v) is 5.39. The van der Waals surface area contributed by atoms with E-state index in [1.807, 2.05) is 4.90 Å². The number of carbonyl (C=O) groups is 2. The maximum atomic E-state index is 13.1. The lowest BCUT2D eigenvalue weighted by Gasteiger charge is -2.35. The summed E-state index contributed by atoms with van der Waals surface area (Å²) < 4.78 is 5.31. The Balaban J connectivity index is 1.80. The first-order chi connectivity index (χ1) is 12.0. The van der Waals surface area contributed by atoms with Gasteiger partial charge in [0.05, 0.1) is 12.7 Å². The van der Waals surface area contributed by atoms with Gasteiger partial charge in [-0.1, -0.05) is 18.5 Å². The molecule has 0 unspecified atom stereocenters. The molecule has 0 radical (unpaired) electrons. The molecule has 3 rings (SSSR count). The third-order valence-electron chi connectivity index (χ3n) is 5.16. The van der Waals surface area contributed by atoms with Crippen molar-refractivity contribution in [2.45, 2.75) is 38.6 Å². The zero-order valence-electron chi connectivity index (χ0n) is 14.8. The summed E-state index contributed by atoms with van der Waals surface area (Å²) in [6.07, 6.45) is 3.76. The Morgan fingerprint density at radius 1 is 1.20 bits per heavy atom. The first-order valence-corrected chi connectivity index (χ1v) is 9.32. The van der Waals surface area contributed by atoms with Crippen LogP contribution in [0.3, 0.4) is 0 Å². The summed E-state index contributed by atoms with van der Waals surface area (Å²) >= 11 is 6.06. The van der Waals surface area contributed by atoms with Crippen molar-refractivity contribution in [3.8, 4) is 5.75 Å². The Morgan fingerprint density at radius 3 is 2.68 bits per heavy atom. The van der Waals surface area contributed by atoms with Gasteiger partial charge in [-0.05, 0) is 49.8 Å². The molecule has 1 aromatic rings. The van der Waals surface area contributed by atoms with Crippen molar-refractivity contribution in [2.75, 3.05) is 26.7 Å². The zero-order chi connectivity index (χ0) is 18.0. The fourth-order valence-corrected chi connectivity index (χ4v) is 4.04. The van der Waals surface area contributed by atoms with Crippen LogP contribution in [0.4, 0.5) is 0 Å². The summed E-state index contributed by atoms with van der Waals surface area (Å²) in [6, 6.07) is 4.63. The van der Waals surface area contributed by atoms with Gasteiger partial charge in [0.2, 0.25) is 5.91 Å². The van der Waals surface area contributed by atoms with Gasteiger partial charge in [0.15, 0.2) is 0 Å². The van der Waals surface area contributed by atoms with E-state index < -0.39 is 0 Å². The molecular weight excluding hydrogens is 340 g/mol. The van der Waals surface area contributed by atoms with E-state index in [2.05, 4.69) is 6.92 Å². The van der Waals surface area contributed by atoms with Gasteiger partial charge < -0.3 is 14.5 Å². The number of amides is 2. The summed E-state index contributed by atoms with van der Waals surface area (Å²) in [5.74, 6) is 0.911. The van der Waals surface area contributed by atoms with E-state index in [4.69, 9.17) is 16.3 Å². The highest BCUT2D eigenvalue weighted by Gasteiger charge is 2.38. The van der Waals surface area contributed by atoms with Crippen LogP contribution in [0.15, 0.2) is 18.2 Å². The van der Waals surface area contributed by atoms with Crippen LogP contribution in [0.5, 0.6) is 5.75 Å². The van der Waals surface area contributed by atoms with Crippen molar-refractivity contribution in [1.82, 2.24) is 9.80 Å². The Labute approximate surface area is 153 Å². The van der Waals surface area contributed by atoms with Crippen molar-refractivity contribution >= 4 is 23.4 Å². The quantitative estimate of drug-likeness (QED) is 0.827. The van der Waals surface area contributed by atoms with Crippen LogP contribution in [0.25, 0.3) is 0 Å². The molecule has 136 valence electrons. The number of carbonyl (C=O) groups excluding carboxylic acids is 2. The van der Waals surface area contributed by atoms with E-state index in [-0.39, 0.29) is 17.9 Å². The number of nitrogens with zero attached hydrogens (tertiary/aromatic N) is 2. The molecule has 2 aliphatic rings. The highest BCUT2D eigenvalue weighted by atomic mass is 35.5. The number of rotatable bonds is 3. The monoisotopic (exact) mass is 364 g/mol. The Morgan fingerprint density at radius 2 is 1.96 bits per heavy atom. The van der Waals surface area contributed by atoms with Gasteiger partial charge in [-0.3, -0.25) is 9.59 Å². The lowest BCUT2D eigenvalue weighted by atomic mass is 9.99. The van der Waals surface area contributed by atoms with Crippen LogP contribution in [-0.2, 0) is 4.79 Å². The molecule has 2 aliphatic heterocycles. The summed E-state index contributed by atoms with van der Waals surface area (Å²) in [5.41, 5.74) is 0.418. The molecule has 1 aromatic carbocycles. The summed E-state index contributed by atoms with van der Waals surface area (Å²) in [5, 5.41) is 0.482. The molecule has 0 bridgehead atoms. The van der Waals surface area contributed by atoms with Crippen LogP contribution in [0.2, 0.25) is 5.02 Å². The van der Waals surface area contributed by atoms with Crippen LogP contribution in [0, 0.1) is 5.92 Å². The summed E-state index contributed by atoms with van der Waals surface area (Å²) in [6.45, 7) is 4.35. The van der Waals surface area contributed by atoms with E-state index in [1.165, 1.54) is 7.11 Å². The average molecular weight is 365 g/mol. The largest absolute Gasteiger partial charge is 0.496 e. The van der Waals surface area contributed by atoms with Gasteiger partial charge in [-0.2, -0.15) is 0 Å². The van der Waals surface area contributed by atoms with Crippen molar-refractivity contribution in [1.29, 1.82) is 0 Å². The minimum atomic E-state index is -0.374. The van der Waals surface area contributed by atoms with Gasteiger partial charge in [0.25, 0.3) is 5.91 Å². The lowest BCUT2D eigenvalue weighted by molar-refractivity contribution is -0.137. The topological polar surface area (TPSA) is 49.9 Å². The van der Waals surface area contributed by atoms with Crippen molar-refractivity contribution < 1.29 is 14.3 Å². The van der Waals surface area contributed by atoms with Crippen LogP contribution in [0.1, 0.15) is 43.0 Å². The predicted molar refractivity (Wildman–Crippen MR) is 97.0 cm³/mol. The van der Waals surface area contributed by atoms with E-state index in [0.717, 1.165) is 38.8 Å². The van der Waals surface area contributed by atoms with E-state index >= 15 is 0 Å². The molecule has 2 atom stereocenters. The van der Waals surface area contributed by atoms with Gasteiger partial charge in [0, 0.05) is 24.7 Å². The normalized spacial score (nSPS) is 23.6. The number of halogens is 1. The fourth-order valence-electron chi connectivity index (χ4n) is 3.87. The Bertz CT molecular complexity index is 664. The van der Waals surface area contributed by atoms with Crippen molar-refractivity contribution in [3.63, 3.8) is 0 Å². The first kappa shape index (κ1) is 18.1. The standard InChI is InChI=1S/C19H25ClN2O3/c1-13-5-3-9-21(12-13)19(24)16-6-4-10-22(16)18(23)15-11-14(20)7-8-17(15)25-2/h7-8,11,13,16H,3-6,9-10,12H2,1-2H3/t13-,16+/m0/s1. The second-order valence-corrected chi connectivity index (χ2v) is 7.47. The molecular formula is C19H25ClN2O3. The molecule has 2 amide bonds. The zero-order valence-corrected chi connectivity index (χ0v) is 15.6. The molecule has 0 aliphatic carbocycles. The molecule has 0 spiro atoms. The molecule has 0 saturated carbocycles. The minimum absolute atomic E-state index is 0.0818. The number of benzene rings is 1. The van der Waals surface area contributed by atoms with E-state index in [1.54, 1.807) is 23.1 Å².